The summed E-state index contributed by atoms with van der Waals surface area (Å²) in [5.74, 6) is 1.43. The van der Waals surface area contributed by atoms with Crippen molar-refractivity contribution in [2.45, 2.75) is 24.7 Å². The summed E-state index contributed by atoms with van der Waals surface area (Å²) in [7, 11) is 0. The highest BCUT2D eigenvalue weighted by Gasteiger charge is 2.00. The Hall–Kier alpha value is -2.26. The van der Waals surface area contributed by atoms with Gasteiger partial charge in [0.15, 0.2) is 0 Å². The van der Waals surface area contributed by atoms with Crippen LogP contribution in [0.1, 0.15) is 31.0 Å². The number of phenolic OH excluding ortho intramolecular Hbond substituents is 1. The summed E-state index contributed by atoms with van der Waals surface area (Å²) in [5, 5.41) is 10.7. The van der Waals surface area contributed by atoms with Crippen molar-refractivity contribution in [3.63, 3.8) is 0 Å². The van der Waals surface area contributed by atoms with Gasteiger partial charge in [-0.3, -0.25) is 0 Å². The van der Waals surface area contributed by atoms with Gasteiger partial charge in [0.25, 0.3) is 0 Å². The number of phenols is 1. The lowest BCUT2D eigenvalue weighted by Gasteiger charge is -2.04. The molecule has 0 aliphatic rings. The highest BCUT2D eigenvalue weighted by molar-refractivity contribution is 7.99. The lowest BCUT2D eigenvalue weighted by atomic mass is 10.1. The first-order valence-electron chi connectivity index (χ1n) is 8.25. The van der Waals surface area contributed by atoms with Gasteiger partial charge in [-0.25, -0.2) is 4.98 Å². The summed E-state index contributed by atoms with van der Waals surface area (Å²) in [4.78, 5) is 6.01. The summed E-state index contributed by atoms with van der Waals surface area (Å²) in [6.45, 7) is 2.22. The number of fused-ring (bicyclic) bond motifs is 1. The molecule has 0 saturated heterocycles. The lowest BCUT2D eigenvalue weighted by molar-refractivity contribution is 0.475. The minimum absolute atomic E-state index is 0.275. The molecule has 2 nitrogen and oxygen atoms in total. The molecule has 0 amide bonds. The van der Waals surface area contributed by atoms with E-state index in [1.807, 2.05) is 42.1 Å². The van der Waals surface area contributed by atoms with E-state index in [0.717, 1.165) is 27.9 Å². The molecule has 3 rings (SSSR count). The molecule has 3 heteroatoms. The van der Waals surface area contributed by atoms with E-state index in [9.17, 15) is 5.11 Å². The SMILES string of the molecule is CCCCSc1ccc2ccc(/C=C/c3cccc(O)c3)nc2c1. The van der Waals surface area contributed by atoms with Crippen LogP contribution in [0, 0.1) is 0 Å². The minimum atomic E-state index is 0.275. The number of aromatic hydroxyl groups is 1. The van der Waals surface area contributed by atoms with Gasteiger partial charge in [0, 0.05) is 10.3 Å². The molecule has 1 N–H and O–H groups in total. The Labute approximate surface area is 147 Å². The summed E-state index contributed by atoms with van der Waals surface area (Å²) < 4.78 is 0. The second-order valence-electron chi connectivity index (χ2n) is 5.72. The molecule has 1 heterocycles. The molecule has 0 fully saturated rings. The number of nitrogens with zero attached hydrogens (tertiary/aromatic N) is 1. The van der Waals surface area contributed by atoms with Crippen molar-refractivity contribution in [1.82, 2.24) is 4.98 Å². The van der Waals surface area contributed by atoms with Crippen LogP contribution < -0.4 is 0 Å². The maximum absolute atomic E-state index is 9.52. The Morgan fingerprint density at radius 3 is 2.75 bits per heavy atom. The molecule has 24 heavy (non-hydrogen) atoms. The fourth-order valence-electron chi connectivity index (χ4n) is 2.44. The fraction of sp³-hybridized carbons (Fsp3) is 0.190. The Kier molecular flexibility index (Phi) is 5.55. The number of rotatable bonds is 6. The van der Waals surface area contributed by atoms with Gasteiger partial charge in [-0.2, -0.15) is 0 Å². The van der Waals surface area contributed by atoms with Crippen molar-refractivity contribution in [3.05, 3.63) is 65.9 Å². The van der Waals surface area contributed by atoms with Crippen molar-refractivity contribution in [1.29, 1.82) is 0 Å². The summed E-state index contributed by atoms with van der Waals surface area (Å²) in [6.07, 6.45) is 6.41. The van der Waals surface area contributed by atoms with Gasteiger partial charge in [-0.1, -0.05) is 43.7 Å². The molecule has 122 valence electrons. The third-order valence-electron chi connectivity index (χ3n) is 3.77. The van der Waals surface area contributed by atoms with Crippen LogP contribution in [0.25, 0.3) is 23.1 Å². The molecule has 0 saturated carbocycles. The molecule has 0 atom stereocenters. The third-order valence-corrected chi connectivity index (χ3v) is 4.85. The Morgan fingerprint density at radius 2 is 1.92 bits per heavy atom. The zero-order valence-corrected chi connectivity index (χ0v) is 14.6. The Morgan fingerprint density at radius 1 is 1.04 bits per heavy atom. The third kappa shape index (κ3) is 4.39. The standard InChI is InChI=1S/C21H21NOS/c1-2-3-13-24-20-12-9-17-8-11-18(22-21(17)15-20)10-7-16-5-4-6-19(23)14-16/h4-12,14-15,23H,2-3,13H2,1H3/b10-7+. The van der Waals surface area contributed by atoms with E-state index in [-0.39, 0.29) is 5.75 Å². The van der Waals surface area contributed by atoms with Gasteiger partial charge in [0.2, 0.25) is 0 Å². The van der Waals surface area contributed by atoms with Crippen LogP contribution in [-0.2, 0) is 0 Å². The zero-order valence-electron chi connectivity index (χ0n) is 13.8. The van der Waals surface area contributed by atoms with E-state index >= 15 is 0 Å². The van der Waals surface area contributed by atoms with Crippen molar-refractivity contribution < 1.29 is 5.11 Å². The van der Waals surface area contributed by atoms with Gasteiger partial charge in [-0.05, 0) is 54.1 Å². The maximum atomic E-state index is 9.52. The second kappa shape index (κ2) is 8.02. The van der Waals surface area contributed by atoms with Crippen LogP contribution >= 0.6 is 11.8 Å². The van der Waals surface area contributed by atoms with E-state index in [4.69, 9.17) is 4.98 Å². The van der Waals surface area contributed by atoms with Crippen molar-refractivity contribution in [2.75, 3.05) is 5.75 Å². The summed E-state index contributed by atoms with van der Waals surface area (Å²) >= 11 is 1.89. The number of thioether (sulfide) groups is 1. The van der Waals surface area contributed by atoms with Crippen LogP contribution in [0.4, 0.5) is 0 Å². The predicted octanol–water partition coefficient (Wildman–Crippen LogP) is 6.00. The van der Waals surface area contributed by atoms with Crippen molar-refractivity contribution in [3.8, 4) is 5.75 Å². The Bertz CT molecular complexity index is 857. The fourth-order valence-corrected chi connectivity index (χ4v) is 3.47. The molecule has 0 spiro atoms. The largest absolute Gasteiger partial charge is 0.508 e. The molecule has 0 radical (unpaired) electrons. The highest BCUT2D eigenvalue weighted by atomic mass is 32.2. The van der Waals surface area contributed by atoms with E-state index in [1.165, 1.54) is 17.7 Å². The minimum Gasteiger partial charge on any atom is -0.508 e. The summed E-state index contributed by atoms with van der Waals surface area (Å²) in [5.41, 5.74) is 2.90. The van der Waals surface area contributed by atoms with Crippen LogP contribution in [-0.4, -0.2) is 15.8 Å². The average Bonchev–Trinajstić information content (AvgIpc) is 2.60. The lowest BCUT2D eigenvalue weighted by Crippen LogP contribution is -1.85. The van der Waals surface area contributed by atoms with Gasteiger partial charge in [-0.15, -0.1) is 11.8 Å². The maximum Gasteiger partial charge on any atom is 0.116 e. The predicted molar refractivity (Wildman–Crippen MR) is 104 cm³/mol. The molecule has 1 aromatic heterocycles. The monoisotopic (exact) mass is 335 g/mol. The van der Waals surface area contributed by atoms with Gasteiger partial charge < -0.3 is 5.11 Å². The second-order valence-corrected chi connectivity index (χ2v) is 6.89. The quantitative estimate of drug-likeness (QED) is 0.443. The van der Waals surface area contributed by atoms with E-state index in [2.05, 4.69) is 31.2 Å². The molecule has 3 aromatic rings. The van der Waals surface area contributed by atoms with E-state index < -0.39 is 0 Å². The molecule has 0 unspecified atom stereocenters. The van der Waals surface area contributed by atoms with Crippen LogP contribution in [0.15, 0.2) is 59.5 Å². The first kappa shape index (κ1) is 16.6. The molecule has 0 bridgehead atoms. The molecule has 0 aliphatic heterocycles. The van der Waals surface area contributed by atoms with E-state index in [1.54, 1.807) is 12.1 Å². The smallest absolute Gasteiger partial charge is 0.116 e. The zero-order chi connectivity index (χ0) is 16.8. The number of hydrogen-bond donors (Lipinski definition) is 1. The number of unbranched alkanes of at least 4 members (excludes halogenated alkanes) is 1. The number of aromatic nitrogens is 1. The number of hydrogen-bond acceptors (Lipinski definition) is 3. The highest BCUT2D eigenvalue weighted by Crippen LogP contribution is 2.24. The van der Waals surface area contributed by atoms with Crippen LogP contribution in [0.3, 0.4) is 0 Å². The van der Waals surface area contributed by atoms with Crippen LogP contribution in [0.5, 0.6) is 5.75 Å². The first-order valence-corrected chi connectivity index (χ1v) is 9.24. The topological polar surface area (TPSA) is 33.1 Å². The normalized spacial score (nSPS) is 11.4. The molecular weight excluding hydrogens is 314 g/mol. The van der Waals surface area contributed by atoms with Gasteiger partial charge in [0.1, 0.15) is 5.75 Å². The Balaban J connectivity index is 1.81. The van der Waals surface area contributed by atoms with Gasteiger partial charge in [0.05, 0.1) is 11.2 Å². The number of pyridine rings is 1. The molecular formula is C21H21NOS. The molecule has 0 aliphatic carbocycles. The average molecular weight is 335 g/mol. The van der Waals surface area contributed by atoms with Crippen molar-refractivity contribution in [2.24, 2.45) is 0 Å². The first-order chi connectivity index (χ1) is 11.7. The number of benzene rings is 2. The van der Waals surface area contributed by atoms with E-state index in [0.29, 0.717) is 0 Å². The molecule has 2 aromatic carbocycles. The van der Waals surface area contributed by atoms with Crippen molar-refractivity contribution >= 4 is 34.8 Å². The van der Waals surface area contributed by atoms with Gasteiger partial charge >= 0.3 is 0 Å². The van der Waals surface area contributed by atoms with Crippen LogP contribution in [0.2, 0.25) is 0 Å². The summed E-state index contributed by atoms with van der Waals surface area (Å²) in [6, 6.07) is 17.8.